The second kappa shape index (κ2) is 6.46. The topological polar surface area (TPSA) is 0 Å². The van der Waals surface area contributed by atoms with Crippen LogP contribution in [-0.2, 0) is 0 Å². The van der Waals surface area contributed by atoms with Gasteiger partial charge in [-0.2, -0.15) is 35.1 Å². The molecule has 0 saturated heterocycles. The van der Waals surface area contributed by atoms with Crippen molar-refractivity contribution < 1.29 is 35.1 Å². The summed E-state index contributed by atoms with van der Waals surface area (Å²) in [5.41, 5.74) is -5.38. The summed E-state index contributed by atoms with van der Waals surface area (Å²) in [6, 6.07) is 0. The molecule has 3 rings (SSSR count). The Balaban J connectivity index is 2.08. The van der Waals surface area contributed by atoms with E-state index in [4.69, 9.17) is 0 Å². The van der Waals surface area contributed by atoms with Crippen molar-refractivity contribution >= 4 is 0 Å². The van der Waals surface area contributed by atoms with Crippen LogP contribution in [0.25, 0.3) is 0 Å². The zero-order valence-electron chi connectivity index (χ0n) is 15.3. The third kappa shape index (κ3) is 2.86. The summed E-state index contributed by atoms with van der Waals surface area (Å²) in [4.78, 5) is 0. The average molecular weight is 412 g/mol. The summed E-state index contributed by atoms with van der Waals surface area (Å²) in [6.45, 7) is 2.66. The van der Waals surface area contributed by atoms with Gasteiger partial charge in [0.2, 0.25) is 0 Å². The quantitative estimate of drug-likeness (QED) is 0.424. The van der Waals surface area contributed by atoms with Crippen molar-refractivity contribution in [1.82, 2.24) is 0 Å². The van der Waals surface area contributed by atoms with Crippen molar-refractivity contribution in [3.8, 4) is 0 Å². The van der Waals surface area contributed by atoms with Crippen LogP contribution in [0.1, 0.15) is 39.5 Å². The number of allylic oxidation sites excluding steroid dienone is 8. The minimum atomic E-state index is -5.03. The Hall–Kier alpha value is -1.60. The molecular weight excluding hydrogens is 392 g/mol. The first kappa shape index (κ1) is 21.1. The number of rotatable bonds is 2. The molecule has 3 aliphatic carbocycles. The fraction of sp³-hybridized carbons (Fsp3) is 0.600. The Kier molecular flexibility index (Phi) is 4.87. The third-order valence-electron chi connectivity index (χ3n) is 6.00. The molecule has 0 aliphatic heterocycles. The molecule has 0 radical (unpaired) electrons. The maximum atomic E-state index is 14.7. The van der Waals surface area contributed by atoms with E-state index in [0.29, 0.717) is 55.9 Å². The van der Waals surface area contributed by atoms with Gasteiger partial charge in [-0.1, -0.05) is 44.1 Å². The molecule has 0 aromatic rings. The van der Waals surface area contributed by atoms with Gasteiger partial charge in [-0.05, 0) is 31.6 Å². The lowest BCUT2D eigenvalue weighted by atomic mass is 9.72. The van der Waals surface area contributed by atoms with Crippen LogP contribution in [0.3, 0.4) is 0 Å². The number of alkyl halides is 8. The van der Waals surface area contributed by atoms with Gasteiger partial charge in [0.15, 0.2) is 0 Å². The minimum Gasteiger partial charge on any atom is -0.194 e. The monoisotopic (exact) mass is 412 g/mol. The molecule has 0 nitrogen and oxygen atoms in total. The molecule has 1 saturated carbocycles. The number of hydrogen-bond donors (Lipinski definition) is 0. The van der Waals surface area contributed by atoms with E-state index in [1.165, 1.54) is 0 Å². The Bertz CT molecular complexity index is 774. The molecule has 0 heterocycles. The molecule has 0 aromatic carbocycles. The predicted molar refractivity (Wildman–Crippen MR) is 88.9 cm³/mol. The first-order valence-electron chi connectivity index (χ1n) is 9.08. The van der Waals surface area contributed by atoms with Crippen LogP contribution >= 0.6 is 0 Å². The fourth-order valence-electron chi connectivity index (χ4n) is 4.05. The highest BCUT2D eigenvalue weighted by atomic mass is 19.3. The summed E-state index contributed by atoms with van der Waals surface area (Å²) in [7, 11) is 0. The van der Waals surface area contributed by atoms with E-state index in [-0.39, 0.29) is 0 Å². The molecule has 0 N–H and O–H groups in total. The lowest BCUT2D eigenvalue weighted by molar-refractivity contribution is -0.182. The van der Waals surface area contributed by atoms with E-state index in [1.807, 2.05) is 6.92 Å². The highest BCUT2D eigenvalue weighted by Crippen LogP contribution is 2.58. The molecule has 0 atom stereocenters. The van der Waals surface area contributed by atoms with Crippen molar-refractivity contribution in [3.63, 3.8) is 0 Å². The highest BCUT2D eigenvalue weighted by molar-refractivity contribution is 5.55. The van der Waals surface area contributed by atoms with E-state index >= 15 is 0 Å². The first-order chi connectivity index (χ1) is 12.7. The van der Waals surface area contributed by atoms with E-state index in [2.05, 4.69) is 0 Å². The second-order valence-corrected chi connectivity index (χ2v) is 7.89. The summed E-state index contributed by atoms with van der Waals surface area (Å²) in [5.74, 6) is -20.0. The predicted octanol–water partition coefficient (Wildman–Crippen LogP) is 7.11. The molecule has 0 bridgehead atoms. The molecule has 0 spiro atoms. The molecule has 0 unspecified atom stereocenters. The van der Waals surface area contributed by atoms with Gasteiger partial charge in [0.1, 0.15) is 0 Å². The van der Waals surface area contributed by atoms with Crippen LogP contribution in [0.15, 0.2) is 46.6 Å². The molecule has 3 aliphatic rings. The Morgan fingerprint density at radius 2 is 1.11 bits per heavy atom. The van der Waals surface area contributed by atoms with Crippen molar-refractivity contribution in [3.05, 3.63) is 46.6 Å². The molecule has 0 aromatic heterocycles. The van der Waals surface area contributed by atoms with Gasteiger partial charge in [-0.15, -0.1) is 0 Å². The standard InChI is InChI=1S/C20H20F8/c1-11-3-6-13(7-4-11)14-9-10-16(20(27,28)18(14,23)24)15-8-5-12(2)17(21,22)19(15,25)26/h5,8-11,13H,3-4,6-7H2,1-2H3. The van der Waals surface area contributed by atoms with Gasteiger partial charge in [0, 0.05) is 22.3 Å². The first-order valence-corrected chi connectivity index (χ1v) is 9.08. The van der Waals surface area contributed by atoms with E-state index in [9.17, 15) is 35.1 Å². The van der Waals surface area contributed by atoms with Crippen LogP contribution in [-0.4, -0.2) is 23.7 Å². The van der Waals surface area contributed by atoms with E-state index in [1.54, 1.807) is 0 Å². The lowest BCUT2D eigenvalue weighted by Crippen LogP contribution is -2.52. The zero-order chi connectivity index (χ0) is 21.1. The summed E-state index contributed by atoms with van der Waals surface area (Å²) in [6.07, 6.45) is 3.89. The highest BCUT2D eigenvalue weighted by Gasteiger charge is 2.69. The Morgan fingerprint density at radius 1 is 0.643 bits per heavy atom. The van der Waals surface area contributed by atoms with Crippen molar-refractivity contribution in [2.45, 2.75) is 63.2 Å². The van der Waals surface area contributed by atoms with Gasteiger partial charge < -0.3 is 0 Å². The van der Waals surface area contributed by atoms with Crippen LogP contribution in [0, 0.1) is 11.8 Å². The van der Waals surface area contributed by atoms with Gasteiger partial charge in [0.25, 0.3) is 0 Å². The van der Waals surface area contributed by atoms with Gasteiger partial charge in [-0.25, -0.2) is 0 Å². The number of hydrogen-bond acceptors (Lipinski definition) is 0. The van der Waals surface area contributed by atoms with Crippen LogP contribution in [0.5, 0.6) is 0 Å². The molecule has 156 valence electrons. The molecular formula is C20H20F8. The largest absolute Gasteiger partial charge is 0.339 e. The fourth-order valence-corrected chi connectivity index (χ4v) is 4.05. The Morgan fingerprint density at radius 3 is 1.64 bits per heavy atom. The second-order valence-electron chi connectivity index (χ2n) is 7.89. The smallest absolute Gasteiger partial charge is 0.194 e. The van der Waals surface area contributed by atoms with Crippen molar-refractivity contribution in [2.24, 2.45) is 11.8 Å². The van der Waals surface area contributed by atoms with Crippen LogP contribution in [0.4, 0.5) is 35.1 Å². The van der Waals surface area contributed by atoms with Gasteiger partial charge in [0.05, 0.1) is 0 Å². The summed E-state index contributed by atoms with van der Waals surface area (Å²) >= 11 is 0. The molecule has 1 fully saturated rings. The molecule has 8 heteroatoms. The molecule has 28 heavy (non-hydrogen) atoms. The Labute approximate surface area is 157 Å². The normalized spacial score (nSPS) is 33.4. The number of halogens is 8. The maximum absolute atomic E-state index is 14.7. The zero-order valence-corrected chi connectivity index (χ0v) is 15.3. The van der Waals surface area contributed by atoms with E-state index in [0.717, 1.165) is 6.92 Å². The minimum absolute atomic E-state index is 0.292. The SMILES string of the molecule is CC1=CC=C(C2=CC=C(C3CCC(C)CC3)C(F)(F)C2(F)F)C(F)(F)C1(F)F. The molecule has 0 amide bonds. The van der Waals surface area contributed by atoms with Gasteiger partial charge >= 0.3 is 23.7 Å². The average Bonchev–Trinajstić information content (AvgIpc) is 2.58. The third-order valence-corrected chi connectivity index (χ3v) is 6.00. The van der Waals surface area contributed by atoms with E-state index < -0.39 is 51.9 Å². The van der Waals surface area contributed by atoms with Gasteiger partial charge in [-0.3, -0.25) is 0 Å². The lowest BCUT2D eigenvalue weighted by Gasteiger charge is -2.41. The summed E-state index contributed by atoms with van der Waals surface area (Å²) in [5, 5.41) is 0. The van der Waals surface area contributed by atoms with Crippen LogP contribution < -0.4 is 0 Å². The van der Waals surface area contributed by atoms with Crippen molar-refractivity contribution in [2.75, 3.05) is 0 Å². The summed E-state index contributed by atoms with van der Waals surface area (Å²) < 4.78 is 115. The van der Waals surface area contributed by atoms with Crippen molar-refractivity contribution in [1.29, 1.82) is 0 Å². The van der Waals surface area contributed by atoms with Crippen LogP contribution in [0.2, 0.25) is 0 Å². The maximum Gasteiger partial charge on any atom is 0.339 e.